The quantitative estimate of drug-likeness (QED) is 0.301. The van der Waals surface area contributed by atoms with Crippen molar-refractivity contribution in [2.45, 2.75) is 71.3 Å². The molecule has 1 nitrogen and oxygen atoms in total. The molecule has 186 valence electrons. The van der Waals surface area contributed by atoms with Gasteiger partial charge in [-0.25, -0.2) is 26.3 Å². The van der Waals surface area contributed by atoms with E-state index in [4.69, 9.17) is 4.74 Å². The van der Waals surface area contributed by atoms with E-state index < -0.39 is 68.4 Å². The van der Waals surface area contributed by atoms with Gasteiger partial charge < -0.3 is 4.74 Å². The zero-order chi connectivity index (χ0) is 25.8. The number of hydrogen-bond acceptors (Lipinski definition) is 1. The van der Waals surface area contributed by atoms with Gasteiger partial charge in [0.1, 0.15) is 11.6 Å². The molecule has 0 bridgehead atoms. The van der Waals surface area contributed by atoms with Gasteiger partial charge in [-0.05, 0) is 41.4 Å². The predicted molar refractivity (Wildman–Crippen MR) is 121 cm³/mol. The summed E-state index contributed by atoms with van der Waals surface area (Å²) < 4.78 is 93.5. The summed E-state index contributed by atoms with van der Waals surface area (Å²) in [5.74, 6) is -7.09. The zero-order valence-electron chi connectivity index (χ0n) is 20.3. The maximum atomic E-state index is 14.9. The first-order valence-corrected chi connectivity index (χ1v) is 11.1. The van der Waals surface area contributed by atoms with Crippen LogP contribution < -0.4 is 0 Å². The molecule has 0 radical (unpaired) electrons. The van der Waals surface area contributed by atoms with Gasteiger partial charge in [-0.15, -0.1) is 0 Å². The number of rotatable bonds is 6. The summed E-state index contributed by atoms with van der Waals surface area (Å²) in [4.78, 5) is 0. The Morgan fingerprint density at radius 1 is 0.941 bits per heavy atom. The standard InChI is InChI=1S/C27H30F6O/c1-8-15-17(28)9-14(10-18(15)29)26(5,6)12-19-27(7,13-34-19)11-16-21(30)23(32)20(25(2,3)4)24(33)22(16)31/h8-10,19H,1,11-13H2,2-7H3. The largest absolute Gasteiger partial charge is 0.377 e. The van der Waals surface area contributed by atoms with Crippen molar-refractivity contribution < 1.29 is 31.1 Å². The average molecular weight is 485 g/mol. The SMILES string of the molecule is C=Cc1c(F)cc(C(C)(C)CC2OCC2(C)Cc2c(F)c(F)c(C(C)(C)C)c(F)c2F)cc1F. The second-order valence-corrected chi connectivity index (χ2v) is 11.1. The molecule has 0 amide bonds. The highest BCUT2D eigenvalue weighted by Gasteiger charge is 2.48. The second kappa shape index (κ2) is 8.74. The molecule has 1 saturated heterocycles. The molecular weight excluding hydrogens is 454 g/mol. The third-order valence-corrected chi connectivity index (χ3v) is 6.84. The molecule has 1 aliphatic heterocycles. The fourth-order valence-electron chi connectivity index (χ4n) is 4.60. The fraction of sp³-hybridized carbons (Fsp3) is 0.481. The van der Waals surface area contributed by atoms with Crippen molar-refractivity contribution in [3.63, 3.8) is 0 Å². The summed E-state index contributed by atoms with van der Waals surface area (Å²) in [5.41, 5.74) is -3.87. The van der Waals surface area contributed by atoms with Gasteiger partial charge in [-0.3, -0.25) is 0 Å². The Kier molecular flexibility index (Phi) is 6.77. The Morgan fingerprint density at radius 2 is 1.44 bits per heavy atom. The maximum Gasteiger partial charge on any atom is 0.165 e. The maximum absolute atomic E-state index is 14.9. The molecule has 0 saturated carbocycles. The zero-order valence-corrected chi connectivity index (χ0v) is 20.3. The van der Waals surface area contributed by atoms with Crippen LogP contribution in [-0.2, 0) is 22.0 Å². The highest BCUT2D eigenvalue weighted by atomic mass is 19.2. The molecular formula is C27H30F6O. The van der Waals surface area contributed by atoms with Gasteiger partial charge in [0.25, 0.3) is 0 Å². The van der Waals surface area contributed by atoms with Crippen molar-refractivity contribution >= 4 is 6.08 Å². The van der Waals surface area contributed by atoms with Crippen LogP contribution >= 0.6 is 0 Å². The first-order valence-electron chi connectivity index (χ1n) is 11.1. The normalized spacial score (nSPS) is 20.9. The van der Waals surface area contributed by atoms with Crippen LogP contribution in [0.1, 0.15) is 70.2 Å². The fourth-order valence-corrected chi connectivity index (χ4v) is 4.60. The molecule has 0 aliphatic carbocycles. The van der Waals surface area contributed by atoms with E-state index in [0.29, 0.717) is 5.56 Å². The van der Waals surface area contributed by atoms with Gasteiger partial charge in [-0.2, -0.15) is 0 Å². The summed E-state index contributed by atoms with van der Waals surface area (Å²) in [5, 5.41) is 0. The Morgan fingerprint density at radius 3 is 1.82 bits per heavy atom. The number of halogens is 6. The molecule has 2 aromatic carbocycles. The van der Waals surface area contributed by atoms with Gasteiger partial charge in [0.05, 0.1) is 12.7 Å². The van der Waals surface area contributed by atoms with E-state index in [1.54, 1.807) is 20.8 Å². The van der Waals surface area contributed by atoms with Crippen LogP contribution in [0.15, 0.2) is 18.7 Å². The van der Waals surface area contributed by atoms with Crippen molar-refractivity contribution in [2.24, 2.45) is 5.41 Å². The van der Waals surface area contributed by atoms with E-state index in [1.165, 1.54) is 32.9 Å². The van der Waals surface area contributed by atoms with Crippen LogP contribution in [0.4, 0.5) is 26.3 Å². The van der Waals surface area contributed by atoms with E-state index >= 15 is 0 Å². The lowest BCUT2D eigenvalue weighted by atomic mass is 9.67. The van der Waals surface area contributed by atoms with Crippen molar-refractivity contribution in [2.75, 3.05) is 6.61 Å². The smallest absolute Gasteiger partial charge is 0.165 e. The number of hydrogen-bond donors (Lipinski definition) is 0. The van der Waals surface area contributed by atoms with Gasteiger partial charge in [0.15, 0.2) is 23.3 Å². The van der Waals surface area contributed by atoms with E-state index in [0.717, 1.165) is 6.08 Å². The lowest BCUT2D eigenvalue weighted by Gasteiger charge is -2.50. The highest BCUT2D eigenvalue weighted by molar-refractivity contribution is 5.50. The lowest BCUT2D eigenvalue weighted by Crippen LogP contribution is -2.53. The van der Waals surface area contributed by atoms with E-state index in [-0.39, 0.29) is 25.0 Å². The minimum Gasteiger partial charge on any atom is -0.377 e. The summed E-state index contributed by atoms with van der Waals surface area (Å²) in [7, 11) is 0. The van der Waals surface area contributed by atoms with E-state index in [1.807, 2.05) is 0 Å². The van der Waals surface area contributed by atoms with E-state index in [2.05, 4.69) is 6.58 Å². The van der Waals surface area contributed by atoms with Gasteiger partial charge in [0.2, 0.25) is 0 Å². The molecule has 1 heterocycles. The average Bonchev–Trinajstić information content (AvgIpc) is 2.71. The summed E-state index contributed by atoms with van der Waals surface area (Å²) in [6, 6.07) is 2.46. The molecule has 34 heavy (non-hydrogen) atoms. The third kappa shape index (κ3) is 4.51. The summed E-state index contributed by atoms with van der Waals surface area (Å²) in [6.07, 6.45) is 0.520. The molecule has 0 spiro atoms. The molecule has 2 aromatic rings. The first-order chi connectivity index (χ1) is 15.5. The topological polar surface area (TPSA) is 9.23 Å². The second-order valence-electron chi connectivity index (χ2n) is 11.1. The van der Waals surface area contributed by atoms with Crippen LogP contribution in [0.5, 0.6) is 0 Å². The minimum absolute atomic E-state index is 0.120. The van der Waals surface area contributed by atoms with Gasteiger partial charge >= 0.3 is 0 Å². The molecule has 3 rings (SSSR count). The lowest BCUT2D eigenvalue weighted by molar-refractivity contribution is -0.186. The Hall–Kier alpha value is -2.28. The van der Waals surface area contributed by atoms with Crippen LogP contribution in [-0.4, -0.2) is 12.7 Å². The van der Waals surface area contributed by atoms with Crippen LogP contribution in [0.2, 0.25) is 0 Å². The van der Waals surface area contributed by atoms with Crippen LogP contribution in [0, 0.1) is 40.3 Å². The molecule has 1 fully saturated rings. The monoisotopic (exact) mass is 484 g/mol. The summed E-state index contributed by atoms with van der Waals surface area (Å²) in [6.45, 7) is 13.2. The molecule has 0 aromatic heterocycles. The molecule has 2 unspecified atom stereocenters. The molecule has 1 aliphatic rings. The Labute approximate surface area is 196 Å². The molecule has 7 heteroatoms. The van der Waals surface area contributed by atoms with E-state index in [9.17, 15) is 26.3 Å². The molecule has 0 N–H and O–H groups in total. The van der Waals surface area contributed by atoms with Gasteiger partial charge in [-0.1, -0.05) is 54.2 Å². The number of ether oxygens (including phenoxy) is 1. The summed E-state index contributed by atoms with van der Waals surface area (Å²) >= 11 is 0. The van der Waals surface area contributed by atoms with Crippen molar-refractivity contribution in [1.29, 1.82) is 0 Å². The van der Waals surface area contributed by atoms with Crippen LogP contribution in [0.25, 0.3) is 6.08 Å². The van der Waals surface area contributed by atoms with Crippen molar-refractivity contribution in [1.82, 2.24) is 0 Å². The van der Waals surface area contributed by atoms with Crippen LogP contribution in [0.3, 0.4) is 0 Å². The Bertz CT molecular complexity index is 1080. The highest BCUT2D eigenvalue weighted by Crippen LogP contribution is 2.46. The van der Waals surface area contributed by atoms with Crippen molar-refractivity contribution in [3.05, 3.63) is 75.9 Å². The van der Waals surface area contributed by atoms with Gasteiger partial charge in [0, 0.05) is 22.1 Å². The predicted octanol–water partition coefficient (Wildman–Crippen LogP) is 7.78. The third-order valence-electron chi connectivity index (χ3n) is 6.84. The first kappa shape index (κ1) is 26.3. The minimum atomic E-state index is -1.40. The Balaban J connectivity index is 1.91. The number of benzene rings is 2. The van der Waals surface area contributed by atoms with Crippen molar-refractivity contribution in [3.8, 4) is 0 Å². The molecule has 2 atom stereocenters.